The number of carbonyl (C=O) groups excluding carboxylic acids is 1. The number of furan rings is 1. The van der Waals surface area contributed by atoms with E-state index < -0.39 is 0 Å². The molecule has 0 aliphatic heterocycles. The lowest BCUT2D eigenvalue weighted by molar-refractivity contribution is 0.0953. The lowest BCUT2D eigenvalue weighted by Crippen LogP contribution is -2.17. The summed E-state index contributed by atoms with van der Waals surface area (Å²) in [6.45, 7) is 3.49. The molecule has 0 aliphatic carbocycles. The van der Waals surface area contributed by atoms with Crippen molar-refractivity contribution in [3.8, 4) is 5.75 Å². The molecule has 0 atom stereocenters. The van der Waals surface area contributed by atoms with Crippen LogP contribution in [-0.4, -0.2) is 17.2 Å². The van der Waals surface area contributed by atoms with Gasteiger partial charge in [0.05, 0.1) is 11.8 Å². The summed E-state index contributed by atoms with van der Waals surface area (Å²) in [5.41, 5.74) is 3.34. The van der Waals surface area contributed by atoms with Crippen LogP contribution >= 0.6 is 15.9 Å². The fourth-order valence-corrected chi connectivity index (χ4v) is 2.05. The summed E-state index contributed by atoms with van der Waals surface area (Å²) in [4.78, 5) is 11.9. The monoisotopic (exact) mass is 336 g/mol. The number of carbonyl (C=O) groups is 1. The Balaban J connectivity index is 2.06. The van der Waals surface area contributed by atoms with Gasteiger partial charge in [0.25, 0.3) is 5.91 Å². The highest BCUT2D eigenvalue weighted by molar-refractivity contribution is 9.10. The van der Waals surface area contributed by atoms with Crippen molar-refractivity contribution in [3.63, 3.8) is 0 Å². The number of hydrogen-bond donors (Lipinski definition) is 2. The van der Waals surface area contributed by atoms with Gasteiger partial charge in [0.1, 0.15) is 17.3 Å². The number of phenols is 1. The number of benzene rings is 1. The second-order valence-electron chi connectivity index (χ2n) is 4.23. The standard InChI is InChI=1S/C14H13BrN2O3/c1-8-5-12(9(2)20-8)14(19)17-16-7-10-3-4-11(15)6-13(10)18/h3-7,18H,1-2H3,(H,17,19)/b16-7-. The van der Waals surface area contributed by atoms with Crippen LogP contribution in [0.2, 0.25) is 0 Å². The lowest BCUT2D eigenvalue weighted by Gasteiger charge is -2.00. The summed E-state index contributed by atoms with van der Waals surface area (Å²) in [5.74, 6) is 0.934. The number of aromatic hydroxyl groups is 1. The number of hydrogen-bond acceptors (Lipinski definition) is 4. The molecule has 0 fully saturated rings. The van der Waals surface area contributed by atoms with Gasteiger partial charge < -0.3 is 9.52 Å². The van der Waals surface area contributed by atoms with Crippen molar-refractivity contribution in [2.45, 2.75) is 13.8 Å². The first-order valence-electron chi connectivity index (χ1n) is 5.86. The first-order chi connectivity index (χ1) is 9.47. The molecule has 2 rings (SSSR count). The molecule has 0 aliphatic rings. The van der Waals surface area contributed by atoms with Crippen molar-refractivity contribution in [2.24, 2.45) is 5.10 Å². The molecule has 1 aromatic heterocycles. The Kier molecular flexibility index (Phi) is 4.24. The van der Waals surface area contributed by atoms with Crippen LogP contribution < -0.4 is 5.43 Å². The molecule has 2 N–H and O–H groups in total. The molecule has 6 heteroatoms. The SMILES string of the molecule is Cc1cc(C(=O)N/N=C\c2ccc(Br)cc2O)c(C)o1. The van der Waals surface area contributed by atoms with Gasteiger partial charge in [-0.05, 0) is 38.1 Å². The number of aryl methyl sites for hydroxylation is 2. The van der Waals surface area contributed by atoms with Crippen molar-refractivity contribution in [1.82, 2.24) is 5.43 Å². The molecule has 0 saturated carbocycles. The van der Waals surface area contributed by atoms with E-state index in [1.54, 1.807) is 38.1 Å². The van der Waals surface area contributed by atoms with Crippen LogP contribution in [0.3, 0.4) is 0 Å². The van der Waals surface area contributed by atoms with Gasteiger partial charge in [-0.3, -0.25) is 4.79 Å². The summed E-state index contributed by atoms with van der Waals surface area (Å²) < 4.78 is 6.04. The van der Waals surface area contributed by atoms with Gasteiger partial charge in [0, 0.05) is 10.0 Å². The van der Waals surface area contributed by atoms with E-state index in [-0.39, 0.29) is 11.7 Å². The van der Waals surface area contributed by atoms with E-state index >= 15 is 0 Å². The molecule has 0 unspecified atom stereocenters. The number of nitrogens with one attached hydrogen (secondary N) is 1. The molecule has 20 heavy (non-hydrogen) atoms. The number of rotatable bonds is 3. The summed E-state index contributed by atoms with van der Waals surface area (Å²) in [5, 5.41) is 13.5. The van der Waals surface area contributed by atoms with Crippen LogP contribution in [0.15, 0.2) is 38.3 Å². The number of amides is 1. The van der Waals surface area contributed by atoms with Gasteiger partial charge in [-0.2, -0.15) is 5.10 Å². The molecule has 1 aromatic carbocycles. The van der Waals surface area contributed by atoms with Gasteiger partial charge in [0.2, 0.25) is 0 Å². The third kappa shape index (κ3) is 3.27. The molecule has 104 valence electrons. The van der Waals surface area contributed by atoms with E-state index in [2.05, 4.69) is 26.5 Å². The molecular weight excluding hydrogens is 324 g/mol. The van der Waals surface area contributed by atoms with E-state index in [0.717, 1.165) is 4.47 Å². The van der Waals surface area contributed by atoms with Crippen molar-refractivity contribution in [3.05, 3.63) is 51.4 Å². The Morgan fingerprint density at radius 3 is 2.75 bits per heavy atom. The molecule has 0 saturated heterocycles. The minimum Gasteiger partial charge on any atom is -0.507 e. The average Bonchev–Trinajstić information content (AvgIpc) is 2.71. The quantitative estimate of drug-likeness (QED) is 0.667. The number of phenolic OH excluding ortho intramolecular Hbond substituents is 1. The number of halogens is 1. The van der Waals surface area contributed by atoms with Crippen LogP contribution in [0.1, 0.15) is 27.4 Å². The Hall–Kier alpha value is -2.08. The first kappa shape index (κ1) is 14.3. The maximum absolute atomic E-state index is 11.9. The van der Waals surface area contributed by atoms with Crippen LogP contribution in [0.4, 0.5) is 0 Å². The van der Waals surface area contributed by atoms with Gasteiger partial charge in [0.15, 0.2) is 0 Å². The fraction of sp³-hybridized carbons (Fsp3) is 0.143. The maximum atomic E-state index is 11.9. The van der Waals surface area contributed by atoms with Crippen LogP contribution in [0.25, 0.3) is 0 Å². The van der Waals surface area contributed by atoms with Crippen LogP contribution in [0.5, 0.6) is 5.75 Å². The summed E-state index contributed by atoms with van der Waals surface area (Å²) in [7, 11) is 0. The zero-order valence-corrected chi connectivity index (χ0v) is 12.6. The summed E-state index contributed by atoms with van der Waals surface area (Å²) >= 11 is 3.24. The molecule has 1 amide bonds. The third-order valence-corrected chi connectivity index (χ3v) is 3.14. The molecule has 2 aromatic rings. The minimum atomic E-state index is -0.354. The average molecular weight is 337 g/mol. The molecular formula is C14H13BrN2O3. The highest BCUT2D eigenvalue weighted by atomic mass is 79.9. The van der Waals surface area contributed by atoms with Crippen LogP contribution in [-0.2, 0) is 0 Å². The largest absolute Gasteiger partial charge is 0.507 e. The van der Waals surface area contributed by atoms with Crippen LogP contribution in [0, 0.1) is 13.8 Å². The topological polar surface area (TPSA) is 74.8 Å². The van der Waals surface area contributed by atoms with E-state index in [1.807, 2.05) is 0 Å². The predicted molar refractivity (Wildman–Crippen MR) is 79.0 cm³/mol. The highest BCUT2D eigenvalue weighted by Crippen LogP contribution is 2.20. The Labute approximate surface area is 124 Å². The predicted octanol–water partition coefficient (Wildman–Crippen LogP) is 3.13. The van der Waals surface area contributed by atoms with Crippen molar-refractivity contribution in [1.29, 1.82) is 0 Å². The maximum Gasteiger partial charge on any atom is 0.274 e. The summed E-state index contributed by atoms with van der Waals surface area (Å²) in [6.07, 6.45) is 1.38. The molecule has 0 spiro atoms. The Morgan fingerprint density at radius 2 is 2.15 bits per heavy atom. The number of hydrazone groups is 1. The number of nitrogens with zero attached hydrogens (tertiary/aromatic N) is 1. The van der Waals surface area contributed by atoms with Crippen molar-refractivity contribution in [2.75, 3.05) is 0 Å². The molecule has 0 bridgehead atoms. The Bertz CT molecular complexity index is 677. The normalized spacial score (nSPS) is 10.9. The van der Waals surface area contributed by atoms with Crippen molar-refractivity contribution < 1.29 is 14.3 Å². The molecule has 0 radical (unpaired) electrons. The smallest absolute Gasteiger partial charge is 0.274 e. The third-order valence-electron chi connectivity index (χ3n) is 2.65. The minimum absolute atomic E-state index is 0.0766. The fourth-order valence-electron chi connectivity index (χ4n) is 1.70. The molecule has 1 heterocycles. The molecule has 5 nitrogen and oxygen atoms in total. The van der Waals surface area contributed by atoms with E-state index in [1.165, 1.54) is 6.21 Å². The van der Waals surface area contributed by atoms with E-state index in [9.17, 15) is 9.90 Å². The first-order valence-corrected chi connectivity index (χ1v) is 6.65. The second kappa shape index (κ2) is 5.92. The second-order valence-corrected chi connectivity index (χ2v) is 5.14. The van der Waals surface area contributed by atoms with Gasteiger partial charge in [-0.1, -0.05) is 15.9 Å². The zero-order valence-electron chi connectivity index (χ0n) is 11.0. The Morgan fingerprint density at radius 1 is 1.40 bits per heavy atom. The van der Waals surface area contributed by atoms with Gasteiger partial charge in [-0.15, -0.1) is 0 Å². The zero-order chi connectivity index (χ0) is 14.7. The van der Waals surface area contributed by atoms with Gasteiger partial charge in [-0.25, -0.2) is 5.43 Å². The lowest BCUT2D eigenvalue weighted by atomic mass is 10.2. The van der Waals surface area contributed by atoms with Crippen molar-refractivity contribution >= 4 is 28.1 Å². The summed E-state index contributed by atoms with van der Waals surface area (Å²) in [6, 6.07) is 6.65. The van der Waals surface area contributed by atoms with Gasteiger partial charge >= 0.3 is 0 Å². The van der Waals surface area contributed by atoms with E-state index in [0.29, 0.717) is 22.6 Å². The van der Waals surface area contributed by atoms with E-state index in [4.69, 9.17) is 4.42 Å². The highest BCUT2D eigenvalue weighted by Gasteiger charge is 2.12.